The molecule has 0 spiro atoms. The first kappa shape index (κ1) is 17.8. The summed E-state index contributed by atoms with van der Waals surface area (Å²) in [5.41, 5.74) is 1.23. The van der Waals surface area contributed by atoms with Crippen LogP contribution in [0.5, 0.6) is 0 Å². The van der Waals surface area contributed by atoms with E-state index >= 15 is 0 Å². The lowest BCUT2D eigenvalue weighted by Gasteiger charge is -2.26. The second kappa shape index (κ2) is 7.09. The minimum absolute atomic E-state index is 0.121. The van der Waals surface area contributed by atoms with Crippen LogP contribution in [0.2, 0.25) is 5.02 Å². The highest BCUT2D eigenvalue weighted by Crippen LogP contribution is 2.28. The van der Waals surface area contributed by atoms with Crippen LogP contribution in [0.1, 0.15) is 30.1 Å². The van der Waals surface area contributed by atoms with Crippen molar-refractivity contribution in [1.82, 2.24) is 25.4 Å². The van der Waals surface area contributed by atoms with Crippen LogP contribution in [0, 0.1) is 0 Å². The molecule has 0 aliphatic carbocycles. The Labute approximate surface area is 155 Å². The van der Waals surface area contributed by atoms with E-state index in [1.165, 1.54) is 13.1 Å². The molecule has 1 amide bonds. The molecule has 0 unspecified atom stereocenters. The average molecular weight is 373 g/mol. The molecule has 0 aliphatic heterocycles. The van der Waals surface area contributed by atoms with Crippen molar-refractivity contribution in [2.75, 3.05) is 12.4 Å². The highest BCUT2D eigenvalue weighted by Gasteiger charge is 2.25. The Bertz CT molecular complexity index is 923. The van der Waals surface area contributed by atoms with Crippen LogP contribution in [0.4, 0.5) is 5.95 Å². The molecule has 3 aromatic heterocycles. The predicted octanol–water partition coefficient (Wildman–Crippen LogP) is 2.89. The van der Waals surface area contributed by atoms with E-state index in [-0.39, 0.29) is 11.7 Å². The average Bonchev–Trinajstić information content (AvgIpc) is 3.11. The molecule has 0 radical (unpaired) electrons. The van der Waals surface area contributed by atoms with E-state index in [2.05, 4.69) is 30.7 Å². The van der Waals surface area contributed by atoms with Gasteiger partial charge in [-0.1, -0.05) is 16.8 Å². The van der Waals surface area contributed by atoms with Crippen molar-refractivity contribution in [3.63, 3.8) is 0 Å². The number of carbonyl (C=O) groups excluding carboxylic acids is 1. The van der Waals surface area contributed by atoms with Gasteiger partial charge < -0.3 is 15.2 Å². The molecular weight excluding hydrogens is 356 g/mol. The lowest BCUT2D eigenvalue weighted by molar-refractivity contribution is 0.0926. The van der Waals surface area contributed by atoms with Gasteiger partial charge in [0.1, 0.15) is 5.69 Å². The molecule has 3 aromatic rings. The van der Waals surface area contributed by atoms with Crippen LogP contribution in [0.15, 0.2) is 41.3 Å². The number of halogens is 1. The summed E-state index contributed by atoms with van der Waals surface area (Å²) in [4.78, 5) is 24.4. The van der Waals surface area contributed by atoms with Crippen molar-refractivity contribution in [3.8, 4) is 11.3 Å². The largest absolute Gasteiger partial charge is 0.352 e. The number of carbonyl (C=O) groups is 1. The molecule has 0 saturated carbocycles. The fourth-order valence-corrected chi connectivity index (χ4v) is 2.71. The molecule has 3 heterocycles. The first-order chi connectivity index (χ1) is 12.4. The van der Waals surface area contributed by atoms with Gasteiger partial charge in [-0.3, -0.25) is 9.78 Å². The number of hydrogen-bond donors (Lipinski definition) is 2. The maximum Gasteiger partial charge on any atom is 0.289 e. The number of amides is 1. The van der Waals surface area contributed by atoms with Crippen LogP contribution in [-0.4, -0.2) is 33.1 Å². The van der Waals surface area contributed by atoms with E-state index in [1.54, 1.807) is 30.7 Å². The van der Waals surface area contributed by atoms with Crippen molar-refractivity contribution in [2.24, 2.45) is 0 Å². The highest BCUT2D eigenvalue weighted by atomic mass is 35.5. The summed E-state index contributed by atoms with van der Waals surface area (Å²) < 4.78 is 5.00. The molecule has 0 aliphatic rings. The van der Waals surface area contributed by atoms with Gasteiger partial charge in [0.15, 0.2) is 0 Å². The number of aromatic nitrogens is 4. The fourth-order valence-electron chi connectivity index (χ4n) is 2.35. The summed E-state index contributed by atoms with van der Waals surface area (Å²) >= 11 is 6.23. The molecule has 0 aromatic carbocycles. The summed E-state index contributed by atoms with van der Waals surface area (Å²) in [6.07, 6.45) is 4.87. The Kier molecular flexibility index (Phi) is 4.85. The van der Waals surface area contributed by atoms with Crippen molar-refractivity contribution in [2.45, 2.75) is 19.4 Å². The zero-order chi connectivity index (χ0) is 18.7. The second-order valence-electron chi connectivity index (χ2n) is 6.03. The van der Waals surface area contributed by atoms with Gasteiger partial charge in [-0.25, -0.2) is 9.97 Å². The Morgan fingerprint density at radius 1 is 1.23 bits per heavy atom. The van der Waals surface area contributed by atoms with Crippen LogP contribution >= 0.6 is 11.6 Å². The van der Waals surface area contributed by atoms with Gasteiger partial charge in [0.2, 0.25) is 11.7 Å². The number of nitrogens with one attached hydrogen (secondary N) is 2. The van der Waals surface area contributed by atoms with Gasteiger partial charge >= 0.3 is 0 Å². The van der Waals surface area contributed by atoms with Gasteiger partial charge in [0.25, 0.3) is 5.91 Å². The Hall–Kier alpha value is -3.00. The second-order valence-corrected chi connectivity index (χ2v) is 6.44. The van der Waals surface area contributed by atoms with Crippen LogP contribution in [-0.2, 0) is 5.54 Å². The number of rotatable bonds is 5. The zero-order valence-corrected chi connectivity index (χ0v) is 15.2. The molecule has 26 heavy (non-hydrogen) atoms. The van der Waals surface area contributed by atoms with E-state index in [4.69, 9.17) is 16.1 Å². The molecular formula is C17H17ClN6O2. The third-order valence-corrected chi connectivity index (χ3v) is 3.99. The number of anilines is 1. The summed E-state index contributed by atoms with van der Waals surface area (Å²) in [5, 5.41) is 10.1. The molecule has 0 bridgehead atoms. The topological polar surface area (TPSA) is 106 Å². The minimum Gasteiger partial charge on any atom is -0.352 e. The summed E-state index contributed by atoms with van der Waals surface area (Å²) in [6, 6.07) is 5.09. The zero-order valence-electron chi connectivity index (χ0n) is 14.4. The lowest BCUT2D eigenvalue weighted by Crippen LogP contribution is -2.30. The van der Waals surface area contributed by atoms with Crippen molar-refractivity contribution >= 4 is 23.5 Å². The van der Waals surface area contributed by atoms with Crippen molar-refractivity contribution < 1.29 is 9.32 Å². The number of nitrogens with zero attached hydrogens (tertiary/aromatic N) is 4. The maximum absolute atomic E-state index is 11.5. The molecule has 9 heteroatoms. The third-order valence-electron chi connectivity index (χ3n) is 3.68. The van der Waals surface area contributed by atoms with Gasteiger partial charge in [-0.2, -0.15) is 0 Å². The summed E-state index contributed by atoms with van der Waals surface area (Å²) in [7, 11) is 1.52. The molecule has 134 valence electrons. The van der Waals surface area contributed by atoms with Gasteiger partial charge in [-0.15, -0.1) is 0 Å². The smallest absolute Gasteiger partial charge is 0.289 e. The van der Waals surface area contributed by atoms with Gasteiger partial charge in [-0.05, 0) is 26.0 Å². The molecule has 3 rings (SSSR count). The van der Waals surface area contributed by atoms with E-state index in [0.29, 0.717) is 27.9 Å². The predicted molar refractivity (Wildman–Crippen MR) is 96.8 cm³/mol. The monoisotopic (exact) mass is 372 g/mol. The first-order valence-electron chi connectivity index (χ1n) is 7.81. The quantitative estimate of drug-likeness (QED) is 0.709. The van der Waals surface area contributed by atoms with E-state index < -0.39 is 5.54 Å². The van der Waals surface area contributed by atoms with Crippen LogP contribution < -0.4 is 10.6 Å². The molecule has 0 saturated heterocycles. The fraction of sp³-hybridized carbons (Fsp3) is 0.235. The highest BCUT2D eigenvalue weighted by molar-refractivity contribution is 6.31. The van der Waals surface area contributed by atoms with Gasteiger partial charge in [0, 0.05) is 37.3 Å². The van der Waals surface area contributed by atoms with E-state index in [0.717, 1.165) is 0 Å². The first-order valence-corrected chi connectivity index (χ1v) is 8.19. The normalized spacial score (nSPS) is 11.2. The van der Waals surface area contributed by atoms with Crippen LogP contribution in [0.3, 0.4) is 0 Å². The van der Waals surface area contributed by atoms with Crippen molar-refractivity contribution in [3.05, 3.63) is 53.3 Å². The number of hydrogen-bond acceptors (Lipinski definition) is 7. The van der Waals surface area contributed by atoms with Gasteiger partial charge in [0.05, 0.1) is 16.3 Å². The Morgan fingerprint density at radius 2 is 1.96 bits per heavy atom. The molecule has 8 nitrogen and oxygen atoms in total. The Morgan fingerprint density at radius 3 is 2.62 bits per heavy atom. The van der Waals surface area contributed by atoms with E-state index in [1.807, 2.05) is 13.8 Å². The SMILES string of the molecule is CNC(=O)c1cc(-c2cnc(NC(C)(C)c3ncccc3Cl)nc2)no1. The Balaban J connectivity index is 1.78. The molecule has 0 atom stereocenters. The molecule has 0 fully saturated rings. The summed E-state index contributed by atoms with van der Waals surface area (Å²) in [6.45, 7) is 3.87. The van der Waals surface area contributed by atoms with E-state index in [9.17, 15) is 4.79 Å². The van der Waals surface area contributed by atoms with Crippen molar-refractivity contribution in [1.29, 1.82) is 0 Å². The van der Waals surface area contributed by atoms with Crippen LogP contribution in [0.25, 0.3) is 11.3 Å². The third kappa shape index (κ3) is 3.65. The standard InChI is InChI=1S/C17H17ClN6O2/c1-17(2,14-11(18)5-4-6-20-14)23-16-21-8-10(9-22-16)12-7-13(26-24-12)15(25)19-3/h4-9H,1-3H3,(H,19,25)(H,21,22,23). The minimum atomic E-state index is -0.569. The number of pyridine rings is 1. The molecule has 2 N–H and O–H groups in total. The maximum atomic E-state index is 11.5. The lowest BCUT2D eigenvalue weighted by atomic mass is 10.00. The summed E-state index contributed by atoms with van der Waals surface area (Å²) in [5.74, 6) is 0.183.